The van der Waals surface area contributed by atoms with Crippen LogP contribution in [0.25, 0.3) is 0 Å². The summed E-state index contributed by atoms with van der Waals surface area (Å²) in [7, 11) is 0. The Morgan fingerprint density at radius 2 is 1.96 bits per heavy atom. The second kappa shape index (κ2) is 8.52. The summed E-state index contributed by atoms with van der Waals surface area (Å²) < 4.78 is 1.73. The molecular formula is C20H29N3O3. The van der Waals surface area contributed by atoms with Crippen LogP contribution in [0.15, 0.2) is 23.0 Å². The molecule has 0 spiro atoms. The van der Waals surface area contributed by atoms with E-state index in [1.54, 1.807) is 16.7 Å². The van der Waals surface area contributed by atoms with Gasteiger partial charge in [-0.2, -0.15) is 0 Å². The highest BCUT2D eigenvalue weighted by atomic mass is 16.2. The number of nitrogens with one attached hydrogen (secondary N) is 1. The van der Waals surface area contributed by atoms with Crippen molar-refractivity contribution < 1.29 is 9.59 Å². The van der Waals surface area contributed by atoms with Crippen molar-refractivity contribution in [1.29, 1.82) is 0 Å². The monoisotopic (exact) mass is 359 g/mol. The lowest BCUT2D eigenvalue weighted by Crippen LogP contribution is -2.49. The predicted molar refractivity (Wildman–Crippen MR) is 99.8 cm³/mol. The number of amides is 2. The normalized spacial score (nSPS) is 21.2. The van der Waals surface area contributed by atoms with E-state index in [2.05, 4.69) is 5.32 Å². The van der Waals surface area contributed by atoms with Crippen LogP contribution in [-0.4, -0.2) is 40.4 Å². The van der Waals surface area contributed by atoms with E-state index < -0.39 is 0 Å². The molecule has 2 heterocycles. The van der Waals surface area contributed by atoms with E-state index in [0.29, 0.717) is 44.9 Å². The average molecular weight is 359 g/mol. The lowest BCUT2D eigenvalue weighted by Gasteiger charge is -2.36. The molecule has 1 aliphatic carbocycles. The summed E-state index contributed by atoms with van der Waals surface area (Å²) >= 11 is 0. The van der Waals surface area contributed by atoms with Gasteiger partial charge in [0.15, 0.2) is 0 Å². The summed E-state index contributed by atoms with van der Waals surface area (Å²) in [6.07, 6.45) is 6.36. The molecule has 2 amide bonds. The number of aryl methyl sites for hydroxylation is 1. The van der Waals surface area contributed by atoms with E-state index in [1.807, 2.05) is 17.9 Å². The smallest absolute Gasteiger partial charge is 0.250 e. The SMILES string of the molecule is Cc1cccc(=O)n1CCCNC(=O)[C@H]1CCC(=O)N(C2CCCC2)C1. The number of pyridine rings is 1. The summed E-state index contributed by atoms with van der Waals surface area (Å²) in [4.78, 5) is 38.5. The van der Waals surface area contributed by atoms with Crippen molar-refractivity contribution in [3.05, 3.63) is 34.2 Å². The highest BCUT2D eigenvalue weighted by molar-refractivity contribution is 5.84. The molecule has 0 bridgehead atoms. The Balaban J connectivity index is 1.46. The fourth-order valence-corrected chi connectivity index (χ4v) is 4.16. The topological polar surface area (TPSA) is 71.4 Å². The number of hydrogen-bond donors (Lipinski definition) is 1. The van der Waals surface area contributed by atoms with Gasteiger partial charge < -0.3 is 14.8 Å². The second-order valence-electron chi connectivity index (χ2n) is 7.52. The van der Waals surface area contributed by atoms with Crippen LogP contribution in [0.2, 0.25) is 0 Å². The van der Waals surface area contributed by atoms with Gasteiger partial charge in [-0.25, -0.2) is 0 Å². The molecule has 2 aliphatic rings. The molecule has 1 atom stereocenters. The van der Waals surface area contributed by atoms with E-state index in [1.165, 1.54) is 12.8 Å². The minimum absolute atomic E-state index is 0.00525. The molecule has 26 heavy (non-hydrogen) atoms. The molecule has 1 aromatic heterocycles. The van der Waals surface area contributed by atoms with E-state index >= 15 is 0 Å². The van der Waals surface area contributed by atoms with Gasteiger partial charge in [-0.05, 0) is 38.7 Å². The third-order valence-electron chi connectivity index (χ3n) is 5.71. The van der Waals surface area contributed by atoms with Crippen LogP contribution in [0, 0.1) is 12.8 Å². The molecule has 6 heteroatoms. The van der Waals surface area contributed by atoms with E-state index in [0.717, 1.165) is 18.5 Å². The maximum atomic E-state index is 12.5. The molecule has 1 aliphatic heterocycles. The number of carbonyl (C=O) groups excluding carboxylic acids is 2. The van der Waals surface area contributed by atoms with Crippen molar-refractivity contribution in [2.24, 2.45) is 5.92 Å². The van der Waals surface area contributed by atoms with Crippen molar-refractivity contribution >= 4 is 11.8 Å². The van der Waals surface area contributed by atoms with E-state index in [4.69, 9.17) is 0 Å². The van der Waals surface area contributed by atoms with Crippen LogP contribution in [0.1, 0.15) is 50.6 Å². The van der Waals surface area contributed by atoms with Gasteiger partial charge in [0.05, 0.1) is 5.92 Å². The Morgan fingerprint density at radius 1 is 1.19 bits per heavy atom. The first-order valence-corrected chi connectivity index (χ1v) is 9.80. The fourth-order valence-electron chi connectivity index (χ4n) is 4.16. The lowest BCUT2D eigenvalue weighted by molar-refractivity contribution is -0.140. The molecule has 1 N–H and O–H groups in total. The molecule has 0 radical (unpaired) electrons. The number of likely N-dealkylation sites (tertiary alicyclic amines) is 1. The summed E-state index contributed by atoms with van der Waals surface area (Å²) in [6.45, 7) is 3.62. The standard InChI is InChI=1S/C20H29N3O3/c1-15-6-4-9-18(24)22(15)13-5-12-21-20(26)16-10-11-19(25)23(14-16)17-7-2-3-8-17/h4,6,9,16-17H,2-3,5,7-8,10-14H2,1H3,(H,21,26)/t16-/m0/s1. The third-order valence-corrected chi connectivity index (χ3v) is 5.71. The van der Waals surface area contributed by atoms with Gasteiger partial charge in [0.2, 0.25) is 11.8 Å². The van der Waals surface area contributed by atoms with Gasteiger partial charge in [-0.15, -0.1) is 0 Å². The number of nitrogens with zero attached hydrogens (tertiary/aromatic N) is 2. The van der Waals surface area contributed by atoms with Crippen LogP contribution in [0.3, 0.4) is 0 Å². The summed E-state index contributed by atoms with van der Waals surface area (Å²) in [5, 5.41) is 3.00. The Labute approximate surface area is 154 Å². The number of aromatic nitrogens is 1. The quantitative estimate of drug-likeness (QED) is 0.788. The van der Waals surface area contributed by atoms with Gasteiger partial charge in [0.25, 0.3) is 5.56 Å². The van der Waals surface area contributed by atoms with Crippen LogP contribution < -0.4 is 10.9 Å². The molecule has 0 aromatic carbocycles. The molecule has 0 unspecified atom stereocenters. The zero-order valence-corrected chi connectivity index (χ0v) is 15.6. The third kappa shape index (κ3) is 4.34. The van der Waals surface area contributed by atoms with Crippen LogP contribution >= 0.6 is 0 Å². The first-order chi connectivity index (χ1) is 12.6. The molecule has 3 rings (SSSR count). The van der Waals surface area contributed by atoms with Crippen LogP contribution in [0.4, 0.5) is 0 Å². The largest absolute Gasteiger partial charge is 0.356 e. The van der Waals surface area contributed by atoms with Gasteiger partial charge in [0.1, 0.15) is 0 Å². The minimum Gasteiger partial charge on any atom is -0.356 e. The van der Waals surface area contributed by atoms with E-state index in [-0.39, 0.29) is 23.3 Å². The Kier molecular flexibility index (Phi) is 6.12. The number of piperidine rings is 1. The van der Waals surface area contributed by atoms with E-state index in [9.17, 15) is 14.4 Å². The van der Waals surface area contributed by atoms with Crippen molar-refractivity contribution in [1.82, 2.24) is 14.8 Å². The molecular weight excluding hydrogens is 330 g/mol. The first-order valence-electron chi connectivity index (χ1n) is 9.80. The maximum Gasteiger partial charge on any atom is 0.250 e. The maximum absolute atomic E-state index is 12.5. The minimum atomic E-state index is -0.102. The van der Waals surface area contributed by atoms with Crippen LogP contribution in [0.5, 0.6) is 0 Å². The molecule has 1 saturated carbocycles. The number of carbonyl (C=O) groups is 2. The zero-order chi connectivity index (χ0) is 18.5. The van der Waals surface area contributed by atoms with Gasteiger partial charge in [-0.3, -0.25) is 14.4 Å². The second-order valence-corrected chi connectivity index (χ2v) is 7.52. The van der Waals surface area contributed by atoms with Gasteiger partial charge >= 0.3 is 0 Å². The summed E-state index contributed by atoms with van der Waals surface area (Å²) in [5.74, 6) is 0.145. The molecule has 6 nitrogen and oxygen atoms in total. The van der Waals surface area contributed by atoms with Crippen molar-refractivity contribution in [3.63, 3.8) is 0 Å². The Morgan fingerprint density at radius 3 is 2.69 bits per heavy atom. The fraction of sp³-hybridized carbons (Fsp3) is 0.650. The van der Waals surface area contributed by atoms with Gasteiger partial charge in [-0.1, -0.05) is 18.9 Å². The number of rotatable bonds is 6. The van der Waals surface area contributed by atoms with Crippen molar-refractivity contribution in [2.75, 3.05) is 13.1 Å². The predicted octanol–water partition coefficient (Wildman–Crippen LogP) is 1.84. The summed E-state index contributed by atoms with van der Waals surface area (Å²) in [6, 6.07) is 5.57. The average Bonchev–Trinajstić information content (AvgIpc) is 3.15. The van der Waals surface area contributed by atoms with Crippen molar-refractivity contribution in [3.8, 4) is 0 Å². The summed E-state index contributed by atoms with van der Waals surface area (Å²) in [5.41, 5.74) is 0.927. The molecule has 2 fully saturated rings. The lowest BCUT2D eigenvalue weighted by atomic mass is 9.95. The molecule has 142 valence electrons. The highest BCUT2D eigenvalue weighted by Crippen LogP contribution is 2.28. The number of hydrogen-bond acceptors (Lipinski definition) is 3. The Hall–Kier alpha value is -2.11. The Bertz CT molecular complexity index is 706. The zero-order valence-electron chi connectivity index (χ0n) is 15.6. The van der Waals surface area contributed by atoms with Gasteiger partial charge in [0, 0.05) is 43.9 Å². The highest BCUT2D eigenvalue weighted by Gasteiger charge is 2.34. The first kappa shape index (κ1) is 18.7. The van der Waals surface area contributed by atoms with Crippen molar-refractivity contribution in [2.45, 2.75) is 64.5 Å². The van der Waals surface area contributed by atoms with Crippen LogP contribution in [-0.2, 0) is 16.1 Å². The molecule has 1 aromatic rings. The molecule has 1 saturated heterocycles.